The van der Waals surface area contributed by atoms with Crippen LogP contribution in [-0.4, -0.2) is 4.57 Å². The number of fused-ring (bicyclic) bond motifs is 6. The molecule has 13 aromatic rings. The molecule has 0 radical (unpaired) electrons. The monoisotopic (exact) mass is 890 g/mol. The van der Waals surface area contributed by atoms with Crippen molar-refractivity contribution in [2.75, 3.05) is 4.90 Å². The molecule has 2 nitrogen and oxygen atoms in total. The topological polar surface area (TPSA) is 8.17 Å². The van der Waals surface area contributed by atoms with Crippen molar-refractivity contribution in [3.63, 3.8) is 0 Å². The second kappa shape index (κ2) is 17.4. The van der Waals surface area contributed by atoms with Crippen LogP contribution in [0.5, 0.6) is 0 Å². The van der Waals surface area contributed by atoms with E-state index in [-0.39, 0.29) is 0 Å². The standard InChI is InChI=1S/C68H46N2/c1-3-18-48(19-4-1)57-24-9-10-25-60(57)61-26-11-12-27-62(61)63-28-13-15-32-66(63)69(54-41-36-47(37-42-54)51-40-45-58-52(46-51)35-34-49-20-7-8-23-56(49)58)55-43-38-50(39-44-55)59-30-17-31-65-64-29-14-16-33-67(64)70(68(59)65)53-21-5-2-6-22-53/h1-46H. The van der Waals surface area contributed by atoms with Crippen molar-refractivity contribution in [1.29, 1.82) is 0 Å². The third-order valence-corrected chi connectivity index (χ3v) is 14.0. The minimum Gasteiger partial charge on any atom is -0.310 e. The Hall–Kier alpha value is -9.24. The maximum Gasteiger partial charge on any atom is 0.0619 e. The zero-order valence-electron chi connectivity index (χ0n) is 38.5. The van der Waals surface area contributed by atoms with E-state index in [1.807, 2.05) is 0 Å². The molecule has 13 rings (SSSR count). The van der Waals surface area contributed by atoms with Crippen LogP contribution in [0, 0.1) is 0 Å². The first kappa shape index (κ1) is 41.0. The van der Waals surface area contributed by atoms with Crippen LogP contribution in [0.25, 0.3) is 105 Å². The van der Waals surface area contributed by atoms with Gasteiger partial charge in [-0.25, -0.2) is 0 Å². The Morgan fingerprint density at radius 3 is 1.49 bits per heavy atom. The molecule has 328 valence electrons. The Morgan fingerprint density at radius 2 is 0.743 bits per heavy atom. The van der Waals surface area contributed by atoms with E-state index in [4.69, 9.17) is 0 Å². The van der Waals surface area contributed by atoms with E-state index in [2.05, 4.69) is 289 Å². The molecular formula is C68H46N2. The van der Waals surface area contributed by atoms with E-state index in [1.54, 1.807) is 0 Å². The van der Waals surface area contributed by atoms with Crippen LogP contribution in [0.2, 0.25) is 0 Å². The van der Waals surface area contributed by atoms with Crippen LogP contribution in [0.1, 0.15) is 0 Å². The van der Waals surface area contributed by atoms with E-state index in [0.29, 0.717) is 0 Å². The van der Waals surface area contributed by atoms with Gasteiger partial charge in [0.15, 0.2) is 0 Å². The number of hydrogen-bond donors (Lipinski definition) is 0. The normalized spacial score (nSPS) is 11.4. The maximum atomic E-state index is 2.43. The molecule has 0 atom stereocenters. The summed E-state index contributed by atoms with van der Waals surface area (Å²) in [6, 6.07) is 102. The molecule has 0 amide bonds. The van der Waals surface area contributed by atoms with E-state index < -0.39 is 0 Å². The number of para-hydroxylation sites is 4. The lowest BCUT2D eigenvalue weighted by atomic mass is 9.88. The second-order valence-electron chi connectivity index (χ2n) is 18.0. The number of anilines is 3. The molecule has 0 saturated carbocycles. The molecule has 0 aliphatic rings. The molecule has 0 bridgehead atoms. The van der Waals surface area contributed by atoms with Gasteiger partial charge in [-0.2, -0.15) is 0 Å². The van der Waals surface area contributed by atoms with Crippen LogP contribution in [0.3, 0.4) is 0 Å². The van der Waals surface area contributed by atoms with Crippen molar-refractivity contribution in [2.24, 2.45) is 0 Å². The van der Waals surface area contributed by atoms with Gasteiger partial charge in [0.2, 0.25) is 0 Å². The van der Waals surface area contributed by atoms with E-state index in [9.17, 15) is 0 Å². The highest BCUT2D eigenvalue weighted by atomic mass is 15.1. The first-order valence-electron chi connectivity index (χ1n) is 24.1. The molecule has 0 saturated heterocycles. The van der Waals surface area contributed by atoms with Crippen molar-refractivity contribution < 1.29 is 0 Å². The number of aromatic nitrogens is 1. The fourth-order valence-corrected chi connectivity index (χ4v) is 10.7. The molecule has 70 heavy (non-hydrogen) atoms. The molecule has 1 aromatic heterocycles. The minimum atomic E-state index is 1.07. The number of rotatable bonds is 9. The number of benzene rings is 12. The van der Waals surface area contributed by atoms with Gasteiger partial charge >= 0.3 is 0 Å². The SMILES string of the molecule is c1ccc(-c2ccccc2-c2ccccc2-c2ccccc2N(c2ccc(-c3ccc4c(ccc5ccccc54)c3)cc2)c2ccc(-c3cccc4c5ccccc5n(-c5ccccc5)c34)cc2)cc1. The molecule has 0 fully saturated rings. The average Bonchev–Trinajstić information content (AvgIpc) is 3.79. The largest absolute Gasteiger partial charge is 0.310 e. The van der Waals surface area contributed by atoms with Gasteiger partial charge in [-0.3, -0.25) is 0 Å². The first-order chi connectivity index (χ1) is 34.7. The van der Waals surface area contributed by atoms with Crippen LogP contribution in [0.4, 0.5) is 17.1 Å². The van der Waals surface area contributed by atoms with Gasteiger partial charge in [0.05, 0.1) is 16.7 Å². The smallest absolute Gasteiger partial charge is 0.0619 e. The average molecular weight is 891 g/mol. The third-order valence-electron chi connectivity index (χ3n) is 14.0. The van der Waals surface area contributed by atoms with Crippen LogP contribution in [-0.2, 0) is 0 Å². The van der Waals surface area contributed by atoms with Gasteiger partial charge in [0, 0.05) is 39.0 Å². The fraction of sp³-hybridized carbons (Fsp3) is 0. The Morgan fingerprint density at radius 1 is 0.257 bits per heavy atom. The van der Waals surface area contributed by atoms with E-state index in [0.717, 1.165) is 33.9 Å². The van der Waals surface area contributed by atoms with Crippen molar-refractivity contribution in [2.45, 2.75) is 0 Å². The molecule has 0 N–H and O–H groups in total. The lowest BCUT2D eigenvalue weighted by molar-refractivity contribution is 1.18. The molecule has 2 heteroatoms. The molecule has 0 aliphatic heterocycles. The molecule has 0 aliphatic carbocycles. The van der Waals surface area contributed by atoms with Crippen molar-refractivity contribution in [1.82, 2.24) is 4.57 Å². The number of hydrogen-bond acceptors (Lipinski definition) is 1. The van der Waals surface area contributed by atoms with Crippen LogP contribution in [0.15, 0.2) is 279 Å². The Balaban J connectivity index is 0.963. The van der Waals surface area contributed by atoms with Gasteiger partial charge in [-0.05, 0) is 121 Å². The summed E-state index contributed by atoms with van der Waals surface area (Å²) in [5.41, 5.74) is 18.6. The summed E-state index contributed by atoms with van der Waals surface area (Å²) in [6.07, 6.45) is 0. The van der Waals surface area contributed by atoms with Gasteiger partial charge in [-0.1, -0.05) is 224 Å². The van der Waals surface area contributed by atoms with Crippen molar-refractivity contribution in [3.8, 4) is 61.3 Å². The lowest BCUT2D eigenvalue weighted by Crippen LogP contribution is -2.11. The summed E-state index contributed by atoms with van der Waals surface area (Å²) in [6.45, 7) is 0. The quantitative estimate of drug-likeness (QED) is 0.131. The first-order valence-corrected chi connectivity index (χ1v) is 24.1. The van der Waals surface area contributed by atoms with Gasteiger partial charge < -0.3 is 9.47 Å². The second-order valence-corrected chi connectivity index (χ2v) is 18.0. The third kappa shape index (κ3) is 7.13. The Bertz CT molecular complexity index is 4040. The van der Waals surface area contributed by atoms with Crippen LogP contribution < -0.4 is 4.90 Å². The van der Waals surface area contributed by atoms with E-state index >= 15 is 0 Å². The minimum absolute atomic E-state index is 1.07. The summed E-state index contributed by atoms with van der Waals surface area (Å²) in [4.78, 5) is 2.43. The van der Waals surface area contributed by atoms with Gasteiger partial charge in [0.1, 0.15) is 0 Å². The van der Waals surface area contributed by atoms with Crippen LogP contribution >= 0.6 is 0 Å². The highest BCUT2D eigenvalue weighted by Gasteiger charge is 2.22. The maximum absolute atomic E-state index is 2.43. The molecule has 0 unspecified atom stereocenters. The predicted octanol–water partition coefficient (Wildman–Crippen LogP) is 18.9. The summed E-state index contributed by atoms with van der Waals surface area (Å²) in [7, 11) is 0. The molecule has 1 heterocycles. The predicted molar refractivity (Wildman–Crippen MR) is 298 cm³/mol. The summed E-state index contributed by atoms with van der Waals surface area (Å²) >= 11 is 0. The van der Waals surface area contributed by atoms with Gasteiger partial charge in [-0.15, -0.1) is 0 Å². The zero-order valence-corrected chi connectivity index (χ0v) is 38.5. The highest BCUT2D eigenvalue weighted by Crippen LogP contribution is 2.46. The van der Waals surface area contributed by atoms with Crippen molar-refractivity contribution >= 4 is 60.4 Å². The number of nitrogens with zero attached hydrogens (tertiary/aromatic N) is 2. The molecular weight excluding hydrogens is 845 g/mol. The summed E-state index contributed by atoms with van der Waals surface area (Å²) in [5.74, 6) is 0. The zero-order chi connectivity index (χ0) is 46.4. The molecule has 0 spiro atoms. The lowest BCUT2D eigenvalue weighted by Gasteiger charge is -2.29. The summed E-state index contributed by atoms with van der Waals surface area (Å²) in [5, 5.41) is 7.54. The summed E-state index contributed by atoms with van der Waals surface area (Å²) < 4.78 is 2.42. The van der Waals surface area contributed by atoms with Gasteiger partial charge in [0.25, 0.3) is 0 Å². The fourth-order valence-electron chi connectivity index (χ4n) is 10.7. The molecule has 12 aromatic carbocycles. The van der Waals surface area contributed by atoms with E-state index in [1.165, 1.54) is 87.9 Å². The highest BCUT2D eigenvalue weighted by molar-refractivity contribution is 6.14. The Kier molecular flexibility index (Phi) is 10.2. The Labute approximate surface area is 408 Å². The van der Waals surface area contributed by atoms with Crippen molar-refractivity contribution in [3.05, 3.63) is 279 Å².